The van der Waals surface area contributed by atoms with Gasteiger partial charge in [0.25, 0.3) is 0 Å². The summed E-state index contributed by atoms with van der Waals surface area (Å²) >= 11 is 7.52. The second-order valence-corrected chi connectivity index (χ2v) is 7.38. The molecule has 1 aromatic carbocycles. The van der Waals surface area contributed by atoms with Crippen LogP contribution in [-0.4, -0.2) is 7.11 Å². The molecule has 1 rings (SSSR count). The number of rotatable bonds is 8. The predicted molar refractivity (Wildman–Crippen MR) is 95.2 cm³/mol. The minimum atomic E-state index is 0.371. The van der Waals surface area contributed by atoms with Gasteiger partial charge in [-0.1, -0.05) is 70.9 Å². The zero-order valence-corrected chi connectivity index (χ0v) is 16.2. The molecule has 0 N–H and O–H groups in total. The second kappa shape index (κ2) is 9.09. The summed E-state index contributed by atoms with van der Waals surface area (Å²) in [6.07, 6.45) is 7.76. The van der Waals surface area contributed by atoms with Crippen LogP contribution in [0.25, 0.3) is 0 Å². The number of ether oxygens (including phenoxy) is 1. The maximum Gasteiger partial charge on any atom is 0.126 e. The standard InChI is InChI=1S/C17H26Br2O/c1-5-6-7-8-9-10-14(18)16-13(3)15(19)11-12(2)17(16)20-4/h11,14H,5-10H2,1-4H3. The molecule has 0 saturated heterocycles. The molecule has 0 aromatic heterocycles. The normalized spacial score (nSPS) is 12.5. The van der Waals surface area contributed by atoms with Gasteiger partial charge in [-0.15, -0.1) is 0 Å². The summed E-state index contributed by atoms with van der Waals surface area (Å²) in [4.78, 5) is 0.371. The Bertz CT molecular complexity index is 429. The van der Waals surface area contributed by atoms with Crippen LogP contribution in [-0.2, 0) is 0 Å². The van der Waals surface area contributed by atoms with Gasteiger partial charge in [0.1, 0.15) is 5.75 Å². The molecule has 0 saturated carbocycles. The molecule has 20 heavy (non-hydrogen) atoms. The zero-order valence-electron chi connectivity index (χ0n) is 13.1. The molecule has 0 fully saturated rings. The van der Waals surface area contributed by atoms with Gasteiger partial charge in [-0.2, -0.15) is 0 Å². The molecule has 1 unspecified atom stereocenters. The molecule has 0 aliphatic heterocycles. The number of methoxy groups -OCH3 is 1. The first-order chi connectivity index (χ1) is 9.52. The van der Waals surface area contributed by atoms with Gasteiger partial charge in [-0.05, 0) is 37.5 Å². The lowest BCUT2D eigenvalue weighted by atomic mass is 9.97. The lowest BCUT2D eigenvalue weighted by Crippen LogP contribution is -2.02. The number of halogens is 2. The van der Waals surface area contributed by atoms with E-state index in [9.17, 15) is 0 Å². The Hall–Kier alpha value is -0.0200. The van der Waals surface area contributed by atoms with Gasteiger partial charge < -0.3 is 4.74 Å². The van der Waals surface area contributed by atoms with Crippen molar-refractivity contribution in [3.8, 4) is 5.75 Å². The number of alkyl halides is 1. The Morgan fingerprint density at radius 1 is 1.15 bits per heavy atom. The number of hydrogen-bond donors (Lipinski definition) is 0. The second-order valence-electron chi connectivity index (χ2n) is 5.42. The average molecular weight is 406 g/mol. The first kappa shape index (κ1) is 18.0. The minimum absolute atomic E-state index is 0.371. The topological polar surface area (TPSA) is 9.23 Å². The molecule has 0 aliphatic carbocycles. The molecule has 1 atom stereocenters. The third-order valence-corrected chi connectivity index (χ3v) is 5.53. The summed E-state index contributed by atoms with van der Waals surface area (Å²) in [7, 11) is 1.76. The van der Waals surface area contributed by atoms with Crippen molar-refractivity contribution in [2.75, 3.05) is 7.11 Å². The van der Waals surface area contributed by atoms with Crippen LogP contribution in [0.4, 0.5) is 0 Å². The van der Waals surface area contributed by atoms with Crippen LogP contribution in [0.1, 0.15) is 67.0 Å². The highest BCUT2D eigenvalue weighted by molar-refractivity contribution is 9.10. The minimum Gasteiger partial charge on any atom is -0.496 e. The van der Waals surface area contributed by atoms with Gasteiger partial charge in [0.2, 0.25) is 0 Å². The van der Waals surface area contributed by atoms with Crippen LogP contribution >= 0.6 is 31.9 Å². The maximum absolute atomic E-state index is 5.63. The van der Waals surface area contributed by atoms with Crippen molar-refractivity contribution in [2.24, 2.45) is 0 Å². The molecule has 1 aromatic rings. The van der Waals surface area contributed by atoms with Gasteiger partial charge in [0.05, 0.1) is 7.11 Å². The largest absolute Gasteiger partial charge is 0.496 e. The number of aryl methyl sites for hydroxylation is 1. The van der Waals surface area contributed by atoms with Crippen LogP contribution < -0.4 is 4.74 Å². The van der Waals surface area contributed by atoms with Crippen LogP contribution in [0.15, 0.2) is 10.5 Å². The first-order valence-electron chi connectivity index (χ1n) is 7.50. The van der Waals surface area contributed by atoms with Crippen molar-refractivity contribution in [1.29, 1.82) is 0 Å². The first-order valence-corrected chi connectivity index (χ1v) is 9.21. The number of unbranched alkanes of at least 4 members (excludes halogenated alkanes) is 4. The van der Waals surface area contributed by atoms with Gasteiger partial charge in [-0.3, -0.25) is 0 Å². The Morgan fingerprint density at radius 3 is 2.40 bits per heavy atom. The molecule has 0 heterocycles. The zero-order chi connectivity index (χ0) is 15.1. The van der Waals surface area contributed by atoms with Crippen LogP contribution in [0, 0.1) is 13.8 Å². The number of hydrogen-bond acceptors (Lipinski definition) is 1. The smallest absolute Gasteiger partial charge is 0.126 e. The van der Waals surface area contributed by atoms with Gasteiger partial charge in [0, 0.05) is 14.9 Å². The third kappa shape index (κ3) is 4.77. The monoisotopic (exact) mass is 404 g/mol. The van der Waals surface area contributed by atoms with E-state index >= 15 is 0 Å². The summed E-state index contributed by atoms with van der Waals surface area (Å²) in [5.74, 6) is 1.03. The number of benzene rings is 1. The molecule has 0 radical (unpaired) electrons. The third-order valence-electron chi connectivity index (χ3n) is 3.79. The molecule has 0 bridgehead atoms. The van der Waals surface area contributed by atoms with Crippen LogP contribution in [0.2, 0.25) is 0 Å². The van der Waals surface area contributed by atoms with E-state index in [-0.39, 0.29) is 0 Å². The van der Waals surface area contributed by atoms with E-state index in [1.807, 2.05) is 0 Å². The lowest BCUT2D eigenvalue weighted by molar-refractivity contribution is 0.404. The molecule has 0 spiro atoms. The predicted octanol–water partition coefficient (Wildman–Crippen LogP) is 6.87. The summed E-state index contributed by atoms with van der Waals surface area (Å²) in [5, 5.41) is 0. The summed E-state index contributed by atoms with van der Waals surface area (Å²) in [5.41, 5.74) is 3.77. The van der Waals surface area contributed by atoms with Gasteiger partial charge >= 0.3 is 0 Å². The fraction of sp³-hybridized carbons (Fsp3) is 0.647. The van der Waals surface area contributed by atoms with Crippen LogP contribution in [0.3, 0.4) is 0 Å². The van der Waals surface area contributed by atoms with E-state index in [1.165, 1.54) is 53.3 Å². The Kier molecular flexibility index (Phi) is 8.20. The molecular formula is C17H26Br2O. The SMILES string of the molecule is CCCCCCCC(Br)c1c(C)c(Br)cc(C)c1OC. The summed E-state index contributed by atoms with van der Waals surface area (Å²) < 4.78 is 6.79. The van der Waals surface area contributed by atoms with E-state index in [1.54, 1.807) is 7.11 Å². The molecule has 114 valence electrons. The van der Waals surface area contributed by atoms with Crippen molar-refractivity contribution in [2.45, 2.75) is 64.1 Å². The van der Waals surface area contributed by atoms with Crippen molar-refractivity contribution in [3.63, 3.8) is 0 Å². The fourth-order valence-corrected chi connectivity index (χ4v) is 4.03. The highest BCUT2D eigenvalue weighted by atomic mass is 79.9. The van der Waals surface area contributed by atoms with Crippen molar-refractivity contribution >= 4 is 31.9 Å². The summed E-state index contributed by atoms with van der Waals surface area (Å²) in [6.45, 7) is 6.52. The van der Waals surface area contributed by atoms with Crippen molar-refractivity contribution in [1.82, 2.24) is 0 Å². The van der Waals surface area contributed by atoms with Gasteiger partial charge in [0.15, 0.2) is 0 Å². The molecular weight excluding hydrogens is 380 g/mol. The van der Waals surface area contributed by atoms with Crippen LogP contribution in [0.5, 0.6) is 5.75 Å². The van der Waals surface area contributed by atoms with Crippen molar-refractivity contribution in [3.05, 3.63) is 27.2 Å². The fourth-order valence-electron chi connectivity index (χ4n) is 2.59. The van der Waals surface area contributed by atoms with E-state index in [4.69, 9.17) is 4.74 Å². The quantitative estimate of drug-likeness (QED) is 0.338. The van der Waals surface area contributed by atoms with Crippen molar-refractivity contribution < 1.29 is 4.74 Å². The molecule has 3 heteroatoms. The molecule has 0 aliphatic rings. The Labute approximate surface area is 140 Å². The Balaban J connectivity index is 2.78. The molecule has 1 nitrogen and oxygen atoms in total. The van der Waals surface area contributed by atoms with Gasteiger partial charge in [-0.25, -0.2) is 0 Å². The van der Waals surface area contributed by atoms with E-state index in [2.05, 4.69) is 58.7 Å². The highest BCUT2D eigenvalue weighted by Gasteiger charge is 2.19. The van der Waals surface area contributed by atoms with E-state index in [0.717, 1.165) is 12.2 Å². The van der Waals surface area contributed by atoms with E-state index in [0.29, 0.717) is 4.83 Å². The summed E-state index contributed by atoms with van der Waals surface area (Å²) in [6, 6.07) is 2.14. The van der Waals surface area contributed by atoms with E-state index < -0.39 is 0 Å². The average Bonchev–Trinajstić information content (AvgIpc) is 2.42. The molecule has 0 amide bonds. The maximum atomic E-state index is 5.63. The lowest BCUT2D eigenvalue weighted by Gasteiger charge is -2.20. The Morgan fingerprint density at radius 2 is 1.80 bits per heavy atom. The highest BCUT2D eigenvalue weighted by Crippen LogP contribution is 2.41.